The number of hydrogen-bond donors (Lipinski definition) is 0. The van der Waals surface area contributed by atoms with Gasteiger partial charge in [0.2, 0.25) is 0 Å². The van der Waals surface area contributed by atoms with E-state index in [1.54, 1.807) is 0 Å². The van der Waals surface area contributed by atoms with Crippen LogP contribution in [-0.4, -0.2) is 5.38 Å². The van der Waals surface area contributed by atoms with Crippen molar-refractivity contribution >= 4 is 11.6 Å². The molecule has 1 aliphatic carbocycles. The minimum atomic E-state index is -0.236. The molecule has 0 aromatic heterocycles. The van der Waals surface area contributed by atoms with Crippen LogP contribution in [0.4, 0.5) is 0 Å². The van der Waals surface area contributed by atoms with Crippen molar-refractivity contribution in [2.45, 2.75) is 37.5 Å². The smallest absolute Gasteiger partial charge is 0.123 e. The predicted octanol–water partition coefficient (Wildman–Crippen LogP) is 2.70. The maximum atomic E-state index is 8.51. The van der Waals surface area contributed by atoms with Gasteiger partial charge in [0.25, 0.3) is 0 Å². The van der Waals surface area contributed by atoms with Gasteiger partial charge in [-0.3, -0.25) is 0 Å². The second-order valence-electron chi connectivity index (χ2n) is 2.93. The molecule has 1 nitrogen and oxygen atoms in total. The Bertz CT molecular complexity index is 133. The van der Waals surface area contributed by atoms with Gasteiger partial charge < -0.3 is 0 Å². The van der Waals surface area contributed by atoms with Crippen LogP contribution in [0.15, 0.2) is 0 Å². The van der Waals surface area contributed by atoms with E-state index in [1.807, 2.05) is 0 Å². The first kappa shape index (κ1) is 7.88. The Morgan fingerprint density at radius 1 is 1.30 bits per heavy atom. The van der Waals surface area contributed by atoms with E-state index in [9.17, 15) is 0 Å². The van der Waals surface area contributed by atoms with Crippen molar-refractivity contribution in [3.63, 3.8) is 0 Å². The van der Waals surface area contributed by atoms with Crippen LogP contribution in [0.1, 0.15) is 32.1 Å². The minimum absolute atomic E-state index is 0.236. The van der Waals surface area contributed by atoms with Crippen LogP contribution in [-0.2, 0) is 0 Å². The first-order valence-corrected chi connectivity index (χ1v) is 4.32. The number of alkyl halides is 1. The molecule has 0 unspecified atom stereocenters. The van der Waals surface area contributed by atoms with E-state index in [0.29, 0.717) is 5.92 Å². The first-order valence-electron chi connectivity index (χ1n) is 3.88. The van der Waals surface area contributed by atoms with E-state index in [2.05, 4.69) is 6.07 Å². The fraction of sp³-hybridized carbons (Fsp3) is 0.875. The van der Waals surface area contributed by atoms with Gasteiger partial charge in [0.1, 0.15) is 5.38 Å². The Morgan fingerprint density at radius 2 is 1.90 bits per heavy atom. The molecule has 56 valence electrons. The van der Waals surface area contributed by atoms with E-state index in [1.165, 1.54) is 19.3 Å². The van der Waals surface area contributed by atoms with E-state index < -0.39 is 0 Å². The van der Waals surface area contributed by atoms with Crippen molar-refractivity contribution in [3.8, 4) is 6.07 Å². The topological polar surface area (TPSA) is 23.8 Å². The van der Waals surface area contributed by atoms with Crippen molar-refractivity contribution in [2.24, 2.45) is 5.92 Å². The Morgan fingerprint density at radius 3 is 2.40 bits per heavy atom. The van der Waals surface area contributed by atoms with E-state index in [0.717, 1.165) is 12.8 Å². The molecule has 0 N–H and O–H groups in total. The maximum Gasteiger partial charge on any atom is 0.123 e. The molecule has 10 heavy (non-hydrogen) atoms. The molecule has 0 heterocycles. The van der Waals surface area contributed by atoms with Gasteiger partial charge in [-0.2, -0.15) is 5.26 Å². The standard InChI is InChI=1S/C8H12ClN/c9-8(6-10)7-4-2-1-3-5-7/h7-8H,1-5H2/t8-/m0/s1. The van der Waals surface area contributed by atoms with Crippen molar-refractivity contribution < 1.29 is 0 Å². The second-order valence-corrected chi connectivity index (χ2v) is 3.40. The molecule has 1 rings (SSSR count). The summed E-state index contributed by atoms with van der Waals surface area (Å²) in [6.45, 7) is 0. The van der Waals surface area contributed by atoms with Gasteiger partial charge >= 0.3 is 0 Å². The van der Waals surface area contributed by atoms with E-state index >= 15 is 0 Å². The molecule has 2 heteroatoms. The highest BCUT2D eigenvalue weighted by molar-refractivity contribution is 6.22. The van der Waals surface area contributed by atoms with Gasteiger partial charge in [0.05, 0.1) is 6.07 Å². The van der Waals surface area contributed by atoms with Gasteiger partial charge in [-0.05, 0) is 18.8 Å². The summed E-state index contributed by atoms with van der Waals surface area (Å²) in [5.41, 5.74) is 0. The zero-order valence-electron chi connectivity index (χ0n) is 6.02. The molecule has 0 radical (unpaired) electrons. The number of nitrogens with zero attached hydrogens (tertiary/aromatic N) is 1. The van der Waals surface area contributed by atoms with Crippen LogP contribution in [0.5, 0.6) is 0 Å². The zero-order chi connectivity index (χ0) is 7.40. The van der Waals surface area contributed by atoms with Crippen LogP contribution in [0.2, 0.25) is 0 Å². The molecular formula is C8H12ClN. The van der Waals surface area contributed by atoms with Crippen LogP contribution in [0, 0.1) is 17.2 Å². The molecule has 1 fully saturated rings. The zero-order valence-corrected chi connectivity index (χ0v) is 6.77. The lowest BCUT2D eigenvalue weighted by Gasteiger charge is -2.21. The summed E-state index contributed by atoms with van der Waals surface area (Å²) < 4.78 is 0. The lowest BCUT2D eigenvalue weighted by molar-refractivity contribution is 0.367. The van der Waals surface area contributed by atoms with Gasteiger partial charge in [-0.1, -0.05) is 19.3 Å². The van der Waals surface area contributed by atoms with Crippen molar-refractivity contribution in [1.82, 2.24) is 0 Å². The fourth-order valence-electron chi connectivity index (χ4n) is 1.53. The van der Waals surface area contributed by atoms with Crippen LogP contribution < -0.4 is 0 Å². The summed E-state index contributed by atoms with van der Waals surface area (Å²) >= 11 is 5.78. The third-order valence-electron chi connectivity index (χ3n) is 2.19. The van der Waals surface area contributed by atoms with Crippen LogP contribution in [0.25, 0.3) is 0 Å². The highest BCUT2D eigenvalue weighted by atomic mass is 35.5. The van der Waals surface area contributed by atoms with E-state index in [4.69, 9.17) is 16.9 Å². The average Bonchev–Trinajstić information content (AvgIpc) is 2.05. The van der Waals surface area contributed by atoms with Gasteiger partial charge in [0, 0.05) is 0 Å². The molecular weight excluding hydrogens is 146 g/mol. The molecule has 0 aliphatic heterocycles. The Hall–Kier alpha value is -0.220. The summed E-state index contributed by atoms with van der Waals surface area (Å²) in [6, 6.07) is 2.10. The normalized spacial score (nSPS) is 23.6. The van der Waals surface area contributed by atoms with Crippen molar-refractivity contribution in [1.29, 1.82) is 5.26 Å². The lowest BCUT2D eigenvalue weighted by atomic mass is 9.87. The number of nitriles is 1. The number of rotatable bonds is 1. The molecule has 0 saturated heterocycles. The quantitative estimate of drug-likeness (QED) is 0.537. The molecule has 0 spiro atoms. The van der Waals surface area contributed by atoms with Gasteiger partial charge in [-0.15, -0.1) is 11.6 Å². The molecule has 1 aliphatic rings. The fourth-order valence-corrected chi connectivity index (χ4v) is 1.78. The summed E-state index contributed by atoms with van der Waals surface area (Å²) in [4.78, 5) is 0. The van der Waals surface area contributed by atoms with Crippen molar-refractivity contribution in [3.05, 3.63) is 0 Å². The van der Waals surface area contributed by atoms with Crippen molar-refractivity contribution in [2.75, 3.05) is 0 Å². The summed E-state index contributed by atoms with van der Waals surface area (Å²) in [5, 5.41) is 8.27. The molecule has 0 bridgehead atoms. The highest BCUT2D eigenvalue weighted by Gasteiger charge is 2.20. The molecule has 1 atom stereocenters. The Kier molecular flexibility index (Phi) is 3.02. The summed E-state index contributed by atoms with van der Waals surface area (Å²) in [5.74, 6) is 0.473. The average molecular weight is 158 g/mol. The molecule has 0 amide bonds. The molecule has 1 saturated carbocycles. The summed E-state index contributed by atoms with van der Waals surface area (Å²) in [7, 11) is 0. The second kappa shape index (κ2) is 3.83. The van der Waals surface area contributed by atoms with Crippen LogP contribution >= 0.6 is 11.6 Å². The van der Waals surface area contributed by atoms with E-state index in [-0.39, 0.29) is 5.38 Å². The SMILES string of the molecule is N#C[C@H](Cl)C1CCCCC1. The van der Waals surface area contributed by atoms with Crippen LogP contribution in [0.3, 0.4) is 0 Å². The third-order valence-corrected chi connectivity index (χ3v) is 2.64. The minimum Gasteiger partial charge on any atom is -0.197 e. The molecule has 0 aromatic rings. The number of halogens is 1. The van der Waals surface area contributed by atoms with Gasteiger partial charge in [-0.25, -0.2) is 0 Å². The Labute approximate surface area is 67.0 Å². The largest absolute Gasteiger partial charge is 0.197 e. The predicted molar refractivity (Wildman–Crippen MR) is 41.8 cm³/mol. The molecule has 0 aromatic carbocycles. The Balaban J connectivity index is 2.33. The highest BCUT2D eigenvalue weighted by Crippen LogP contribution is 2.28. The summed E-state index contributed by atoms with van der Waals surface area (Å²) in [6.07, 6.45) is 6.15. The first-order chi connectivity index (χ1) is 4.84. The third kappa shape index (κ3) is 1.88. The number of hydrogen-bond acceptors (Lipinski definition) is 1. The monoisotopic (exact) mass is 157 g/mol. The lowest BCUT2D eigenvalue weighted by Crippen LogP contribution is -2.16. The van der Waals surface area contributed by atoms with Gasteiger partial charge in [0.15, 0.2) is 0 Å². The maximum absolute atomic E-state index is 8.51.